The van der Waals surface area contributed by atoms with Crippen LogP contribution in [0.5, 0.6) is 0 Å². The van der Waals surface area contributed by atoms with E-state index in [2.05, 4.69) is 15.5 Å². The molecule has 2 aliphatic rings. The molecule has 39 heavy (non-hydrogen) atoms. The molecule has 0 saturated carbocycles. The summed E-state index contributed by atoms with van der Waals surface area (Å²) in [4.78, 5) is 27.3. The number of hydrogen-bond donors (Lipinski definition) is 3. The summed E-state index contributed by atoms with van der Waals surface area (Å²) in [6, 6.07) is 5.20. The van der Waals surface area contributed by atoms with Crippen LogP contribution in [0.3, 0.4) is 0 Å². The molecular weight excluding hydrogens is 550 g/mol. The van der Waals surface area contributed by atoms with E-state index in [0.29, 0.717) is 40.8 Å². The van der Waals surface area contributed by atoms with Crippen molar-refractivity contribution in [3.63, 3.8) is 0 Å². The van der Waals surface area contributed by atoms with Crippen LogP contribution in [0.4, 0.5) is 31.1 Å². The number of aliphatic hydroxyl groups excluding tert-OH is 1. The lowest BCUT2D eigenvalue weighted by molar-refractivity contribution is -0.143. The molecule has 2 saturated heterocycles. The normalized spacial score (nSPS) is 22.2. The molecule has 3 N–H and O–H groups in total. The SMILES string of the molecule is O=C1S/C(=C(/Cc2ccc(C(F)(F)F)cc2C(F)(F)F)c2ccc3[nH]ncc3c2)C(=O)N1[C@H]1CCNC[C@@H]1O. The van der Waals surface area contributed by atoms with Crippen molar-refractivity contribution in [2.75, 3.05) is 13.1 Å². The summed E-state index contributed by atoms with van der Waals surface area (Å²) >= 11 is 0.529. The maximum Gasteiger partial charge on any atom is 0.416 e. The number of aliphatic hydroxyl groups is 1. The van der Waals surface area contributed by atoms with E-state index in [1.165, 1.54) is 12.3 Å². The molecule has 206 valence electrons. The molecule has 0 radical (unpaired) electrons. The van der Waals surface area contributed by atoms with Gasteiger partial charge < -0.3 is 10.4 Å². The molecule has 2 atom stereocenters. The van der Waals surface area contributed by atoms with Gasteiger partial charge in [-0.05, 0) is 72.1 Å². The van der Waals surface area contributed by atoms with Gasteiger partial charge in [-0.25, -0.2) is 0 Å². The number of nitrogens with one attached hydrogen (secondary N) is 2. The Morgan fingerprint density at radius 3 is 2.54 bits per heavy atom. The third-order valence-electron chi connectivity index (χ3n) is 6.72. The van der Waals surface area contributed by atoms with Crippen molar-refractivity contribution < 1.29 is 41.0 Å². The summed E-state index contributed by atoms with van der Waals surface area (Å²) < 4.78 is 81.5. The van der Waals surface area contributed by atoms with Crippen LogP contribution in [0.25, 0.3) is 16.5 Å². The number of β-amino-alcohol motifs (C(OH)–C–C–N with tert-alkyl or cyclic N) is 1. The average Bonchev–Trinajstić information content (AvgIpc) is 3.45. The number of thioether (sulfide) groups is 1. The van der Waals surface area contributed by atoms with Gasteiger partial charge in [0.1, 0.15) is 0 Å². The van der Waals surface area contributed by atoms with E-state index in [1.807, 2.05) is 0 Å². The van der Waals surface area contributed by atoms with E-state index < -0.39 is 58.8 Å². The van der Waals surface area contributed by atoms with E-state index in [-0.39, 0.29) is 29.5 Å². The molecule has 2 fully saturated rings. The minimum absolute atomic E-state index is 0.0395. The Balaban J connectivity index is 1.65. The Morgan fingerprint density at radius 1 is 1.08 bits per heavy atom. The number of rotatable bonds is 4. The quantitative estimate of drug-likeness (QED) is 0.303. The molecule has 7 nitrogen and oxygen atoms in total. The van der Waals surface area contributed by atoms with Gasteiger partial charge in [0.15, 0.2) is 0 Å². The molecule has 0 spiro atoms. The summed E-state index contributed by atoms with van der Waals surface area (Å²) in [5.41, 5.74) is -2.50. The third kappa shape index (κ3) is 5.28. The number of piperidine rings is 1. The van der Waals surface area contributed by atoms with Crippen LogP contribution in [0.15, 0.2) is 47.5 Å². The molecule has 3 heterocycles. The van der Waals surface area contributed by atoms with E-state index in [1.54, 1.807) is 12.1 Å². The number of nitrogens with zero attached hydrogens (tertiary/aromatic N) is 2. The molecular formula is C25H20F6N4O3S. The Kier molecular flexibility index (Phi) is 6.97. The van der Waals surface area contributed by atoms with Gasteiger partial charge in [-0.1, -0.05) is 12.1 Å². The van der Waals surface area contributed by atoms with Crippen LogP contribution in [-0.4, -0.2) is 56.6 Å². The number of fused-ring (bicyclic) bond motifs is 1. The molecule has 2 aromatic carbocycles. The largest absolute Gasteiger partial charge is 0.416 e. The third-order valence-corrected chi connectivity index (χ3v) is 7.71. The van der Waals surface area contributed by atoms with Crippen molar-refractivity contribution in [1.29, 1.82) is 0 Å². The van der Waals surface area contributed by atoms with E-state index >= 15 is 0 Å². The number of aromatic amines is 1. The number of benzene rings is 2. The first kappa shape index (κ1) is 27.2. The Labute approximate surface area is 221 Å². The van der Waals surface area contributed by atoms with Crippen molar-refractivity contribution in [2.45, 2.75) is 37.3 Å². The van der Waals surface area contributed by atoms with Gasteiger partial charge in [-0.3, -0.25) is 19.6 Å². The highest BCUT2D eigenvalue weighted by molar-refractivity contribution is 8.18. The predicted octanol–water partition coefficient (Wildman–Crippen LogP) is 4.97. The van der Waals surface area contributed by atoms with Crippen LogP contribution in [0.2, 0.25) is 0 Å². The fraction of sp³-hybridized carbons (Fsp3) is 0.320. The number of halogens is 6. The number of carbonyl (C=O) groups excluding carboxylic acids is 2. The second-order valence-corrected chi connectivity index (χ2v) is 10.2. The molecule has 2 amide bonds. The number of allylic oxidation sites excluding steroid dienone is 1. The monoisotopic (exact) mass is 570 g/mol. The first-order valence-electron chi connectivity index (χ1n) is 11.7. The second-order valence-electron chi connectivity index (χ2n) is 9.19. The summed E-state index contributed by atoms with van der Waals surface area (Å²) in [6.45, 7) is 0.586. The molecule has 2 aliphatic heterocycles. The zero-order valence-electron chi connectivity index (χ0n) is 19.9. The number of H-pyrrole nitrogens is 1. The zero-order chi connectivity index (χ0) is 28.1. The molecule has 0 bridgehead atoms. The fourth-order valence-electron chi connectivity index (χ4n) is 4.78. The standard InChI is InChI=1S/C25H20F6N4O3S/c26-24(27,28)15-3-1-13(17(9-15)25(29,30)31)8-16(12-2-4-18-14(7-12)10-33-34-18)21-22(37)35(23(38)39-21)19-5-6-32-11-20(19)36/h1-4,7,9-10,19-20,32,36H,5-6,8,11H2,(H,33,34)/b21-16-/t19-,20-/m0/s1. The molecule has 1 aromatic heterocycles. The van der Waals surface area contributed by atoms with Crippen LogP contribution >= 0.6 is 11.8 Å². The lowest BCUT2D eigenvalue weighted by Gasteiger charge is -2.33. The lowest BCUT2D eigenvalue weighted by atomic mass is 9.92. The summed E-state index contributed by atoms with van der Waals surface area (Å²) in [5, 5.41) is 19.9. The van der Waals surface area contributed by atoms with Crippen molar-refractivity contribution in [3.8, 4) is 0 Å². The maximum absolute atomic E-state index is 13.9. The number of amides is 2. The van der Waals surface area contributed by atoms with Crippen LogP contribution < -0.4 is 5.32 Å². The molecule has 3 aromatic rings. The van der Waals surface area contributed by atoms with Crippen LogP contribution in [0, 0.1) is 0 Å². The van der Waals surface area contributed by atoms with E-state index in [0.717, 1.165) is 11.0 Å². The number of imide groups is 1. The number of carbonyl (C=O) groups is 2. The van der Waals surface area contributed by atoms with Gasteiger partial charge in [-0.15, -0.1) is 0 Å². The Morgan fingerprint density at radius 2 is 1.85 bits per heavy atom. The van der Waals surface area contributed by atoms with E-state index in [9.17, 15) is 41.0 Å². The Bertz CT molecular complexity index is 1480. The Hall–Kier alpha value is -3.36. The highest BCUT2D eigenvalue weighted by Gasteiger charge is 2.45. The number of aromatic nitrogens is 2. The summed E-state index contributed by atoms with van der Waals surface area (Å²) in [6.07, 6.45) is -9.99. The number of hydrogen-bond acceptors (Lipinski definition) is 6. The molecule has 0 unspecified atom stereocenters. The predicted molar refractivity (Wildman–Crippen MR) is 130 cm³/mol. The topological polar surface area (TPSA) is 98.3 Å². The maximum atomic E-state index is 13.9. The minimum atomic E-state index is -5.12. The van der Waals surface area contributed by atoms with Gasteiger partial charge in [0, 0.05) is 11.9 Å². The smallest absolute Gasteiger partial charge is 0.390 e. The van der Waals surface area contributed by atoms with Gasteiger partial charge in [0.05, 0.1) is 39.9 Å². The first-order valence-corrected chi connectivity index (χ1v) is 12.5. The molecule has 5 rings (SSSR count). The average molecular weight is 571 g/mol. The summed E-state index contributed by atoms with van der Waals surface area (Å²) in [7, 11) is 0. The van der Waals surface area contributed by atoms with Crippen molar-refractivity contribution >= 4 is 39.4 Å². The highest BCUT2D eigenvalue weighted by Crippen LogP contribution is 2.43. The minimum Gasteiger partial charge on any atom is -0.390 e. The number of alkyl halides is 6. The first-order chi connectivity index (χ1) is 18.3. The highest BCUT2D eigenvalue weighted by atomic mass is 32.2. The van der Waals surface area contributed by atoms with Crippen molar-refractivity contribution in [1.82, 2.24) is 20.4 Å². The second kappa shape index (κ2) is 9.99. The van der Waals surface area contributed by atoms with Crippen LogP contribution in [0.1, 0.15) is 28.7 Å². The molecule has 0 aliphatic carbocycles. The zero-order valence-corrected chi connectivity index (χ0v) is 20.7. The van der Waals surface area contributed by atoms with Gasteiger partial charge in [0.25, 0.3) is 11.1 Å². The summed E-state index contributed by atoms with van der Waals surface area (Å²) in [5.74, 6) is -0.779. The molecule has 14 heteroatoms. The van der Waals surface area contributed by atoms with Gasteiger partial charge in [0.2, 0.25) is 0 Å². The van der Waals surface area contributed by atoms with E-state index in [4.69, 9.17) is 0 Å². The fourth-order valence-corrected chi connectivity index (χ4v) is 5.77. The van der Waals surface area contributed by atoms with Gasteiger partial charge in [-0.2, -0.15) is 31.4 Å². The van der Waals surface area contributed by atoms with Crippen LogP contribution in [-0.2, 0) is 23.6 Å². The van der Waals surface area contributed by atoms with Crippen molar-refractivity contribution in [3.05, 3.63) is 69.8 Å². The van der Waals surface area contributed by atoms with Gasteiger partial charge >= 0.3 is 12.4 Å². The van der Waals surface area contributed by atoms with Crippen molar-refractivity contribution in [2.24, 2.45) is 0 Å². The lowest BCUT2D eigenvalue weighted by Crippen LogP contribution is -2.54.